The van der Waals surface area contributed by atoms with E-state index in [2.05, 4.69) is 10.0 Å². The predicted octanol–water partition coefficient (Wildman–Crippen LogP) is 1.62. The largest absolute Gasteiger partial charge is 0.349 e. The van der Waals surface area contributed by atoms with Gasteiger partial charge in [0.15, 0.2) is 0 Å². The summed E-state index contributed by atoms with van der Waals surface area (Å²) >= 11 is 0. The second kappa shape index (κ2) is 7.94. The molecule has 1 saturated carbocycles. The van der Waals surface area contributed by atoms with Gasteiger partial charge in [-0.3, -0.25) is 9.52 Å². The molecule has 0 radical (unpaired) electrons. The zero-order valence-corrected chi connectivity index (χ0v) is 14.3. The van der Waals surface area contributed by atoms with Gasteiger partial charge in [0.1, 0.15) is 5.82 Å². The maximum atomic E-state index is 13.6. The fraction of sp³-hybridized carbons (Fsp3) is 0.500. The highest BCUT2D eigenvalue weighted by atomic mass is 35.5. The van der Waals surface area contributed by atoms with E-state index in [9.17, 15) is 17.6 Å². The van der Waals surface area contributed by atoms with Crippen LogP contribution < -0.4 is 15.8 Å². The Bertz CT molecular complexity index is 661. The van der Waals surface area contributed by atoms with Crippen molar-refractivity contribution in [3.63, 3.8) is 0 Å². The van der Waals surface area contributed by atoms with Gasteiger partial charge in [-0.25, -0.2) is 12.8 Å². The van der Waals surface area contributed by atoms with E-state index in [0.29, 0.717) is 0 Å². The molecule has 0 heterocycles. The minimum atomic E-state index is -3.61. The lowest BCUT2D eigenvalue weighted by Crippen LogP contribution is -2.40. The first-order valence-corrected chi connectivity index (χ1v) is 8.97. The molecule has 0 atom stereocenters. The third-order valence-electron chi connectivity index (χ3n) is 3.63. The number of anilines is 1. The van der Waals surface area contributed by atoms with E-state index in [4.69, 9.17) is 5.73 Å². The number of nitrogens with two attached hydrogens (primary N) is 1. The van der Waals surface area contributed by atoms with Crippen molar-refractivity contribution in [3.8, 4) is 0 Å². The van der Waals surface area contributed by atoms with Crippen LogP contribution in [0.1, 0.15) is 36.0 Å². The van der Waals surface area contributed by atoms with E-state index in [1.54, 1.807) is 0 Å². The number of benzene rings is 1. The van der Waals surface area contributed by atoms with Gasteiger partial charge < -0.3 is 11.1 Å². The van der Waals surface area contributed by atoms with E-state index in [-0.39, 0.29) is 41.6 Å². The molecule has 130 valence electrons. The maximum Gasteiger partial charge on any atom is 0.251 e. The van der Waals surface area contributed by atoms with Crippen molar-refractivity contribution in [2.45, 2.75) is 37.8 Å². The van der Waals surface area contributed by atoms with Crippen LogP contribution in [0.2, 0.25) is 0 Å². The van der Waals surface area contributed by atoms with E-state index < -0.39 is 15.8 Å². The van der Waals surface area contributed by atoms with Crippen LogP contribution in [0.4, 0.5) is 10.1 Å². The molecular weight excluding hydrogens is 345 g/mol. The third-order valence-corrected chi connectivity index (χ3v) is 4.22. The number of amides is 1. The van der Waals surface area contributed by atoms with Crippen LogP contribution in [-0.2, 0) is 10.0 Å². The Labute approximate surface area is 141 Å². The highest BCUT2D eigenvalue weighted by Gasteiger charge is 2.21. The number of carbonyl (C=O) groups is 1. The second-order valence-corrected chi connectivity index (χ2v) is 7.40. The molecule has 1 aliphatic rings. The zero-order valence-electron chi connectivity index (χ0n) is 12.7. The van der Waals surface area contributed by atoms with Gasteiger partial charge in [0.25, 0.3) is 5.91 Å². The number of halogens is 2. The van der Waals surface area contributed by atoms with Crippen molar-refractivity contribution in [2.24, 2.45) is 5.73 Å². The normalized spacial score (nSPS) is 21.2. The second-order valence-electron chi connectivity index (χ2n) is 5.65. The van der Waals surface area contributed by atoms with Gasteiger partial charge in [-0.05, 0) is 43.9 Å². The summed E-state index contributed by atoms with van der Waals surface area (Å²) in [5.74, 6) is -1.08. The molecule has 0 saturated heterocycles. The van der Waals surface area contributed by atoms with Gasteiger partial charge in [0.2, 0.25) is 10.0 Å². The third kappa shape index (κ3) is 5.96. The van der Waals surface area contributed by atoms with Gasteiger partial charge in [0, 0.05) is 17.6 Å². The molecule has 1 aliphatic carbocycles. The molecule has 0 aromatic heterocycles. The van der Waals surface area contributed by atoms with Crippen LogP contribution in [0, 0.1) is 5.82 Å². The standard InChI is InChI=1S/C14H20FN3O3S.ClH/c1-22(20,21)18-13-8-9(2-7-12(13)15)14(19)17-11-5-3-10(16)4-6-11;/h2,7-8,10-11,18H,3-6,16H2,1H3,(H,17,19);1H. The van der Waals surface area contributed by atoms with Crippen LogP contribution >= 0.6 is 12.4 Å². The molecule has 1 aromatic rings. The van der Waals surface area contributed by atoms with Gasteiger partial charge in [0.05, 0.1) is 11.9 Å². The highest BCUT2D eigenvalue weighted by molar-refractivity contribution is 7.92. The van der Waals surface area contributed by atoms with E-state index in [1.165, 1.54) is 12.1 Å². The molecule has 4 N–H and O–H groups in total. The first-order chi connectivity index (χ1) is 10.2. The summed E-state index contributed by atoms with van der Waals surface area (Å²) < 4.78 is 38.0. The molecular formula is C14H21ClFN3O3S. The number of rotatable bonds is 4. The van der Waals surface area contributed by atoms with Gasteiger partial charge in [-0.1, -0.05) is 0 Å². The summed E-state index contributed by atoms with van der Waals surface area (Å²) in [6.07, 6.45) is 4.25. The summed E-state index contributed by atoms with van der Waals surface area (Å²) in [5, 5.41) is 2.87. The lowest BCUT2D eigenvalue weighted by molar-refractivity contribution is 0.0926. The molecule has 1 amide bonds. The zero-order chi connectivity index (χ0) is 16.3. The van der Waals surface area contributed by atoms with Gasteiger partial charge in [-0.2, -0.15) is 0 Å². The summed E-state index contributed by atoms with van der Waals surface area (Å²) in [4.78, 5) is 12.2. The summed E-state index contributed by atoms with van der Waals surface area (Å²) in [6, 6.07) is 3.82. The molecule has 23 heavy (non-hydrogen) atoms. The summed E-state index contributed by atoms with van der Waals surface area (Å²) in [7, 11) is -3.61. The number of hydrogen-bond acceptors (Lipinski definition) is 4. The Hall–Kier alpha value is -1.38. The van der Waals surface area contributed by atoms with Crippen molar-refractivity contribution in [1.82, 2.24) is 5.32 Å². The lowest BCUT2D eigenvalue weighted by atomic mass is 9.91. The molecule has 6 nitrogen and oxygen atoms in total. The Morgan fingerprint density at radius 1 is 1.26 bits per heavy atom. The minimum absolute atomic E-state index is 0. The van der Waals surface area contributed by atoms with Crippen molar-refractivity contribution in [2.75, 3.05) is 11.0 Å². The lowest BCUT2D eigenvalue weighted by Gasteiger charge is -2.26. The number of sulfonamides is 1. The molecule has 9 heteroatoms. The number of nitrogens with one attached hydrogen (secondary N) is 2. The maximum absolute atomic E-state index is 13.6. The Kier molecular flexibility index (Phi) is 6.79. The van der Waals surface area contributed by atoms with Gasteiger partial charge in [-0.15, -0.1) is 12.4 Å². The van der Waals surface area contributed by atoms with E-state index in [1.807, 2.05) is 0 Å². The van der Waals surface area contributed by atoms with Crippen LogP contribution in [0.15, 0.2) is 18.2 Å². The van der Waals surface area contributed by atoms with Crippen LogP contribution in [0.25, 0.3) is 0 Å². The van der Waals surface area contributed by atoms with E-state index >= 15 is 0 Å². The minimum Gasteiger partial charge on any atom is -0.349 e. The van der Waals surface area contributed by atoms with Crippen LogP contribution in [0.5, 0.6) is 0 Å². The number of carbonyl (C=O) groups excluding carboxylic acids is 1. The highest BCUT2D eigenvalue weighted by Crippen LogP contribution is 2.20. The Morgan fingerprint density at radius 3 is 2.43 bits per heavy atom. The quantitative estimate of drug-likeness (QED) is 0.754. The molecule has 2 rings (SSSR count). The van der Waals surface area contributed by atoms with E-state index in [0.717, 1.165) is 38.0 Å². The van der Waals surface area contributed by atoms with Crippen molar-refractivity contribution in [3.05, 3.63) is 29.6 Å². The first-order valence-electron chi connectivity index (χ1n) is 7.08. The fourth-order valence-electron chi connectivity index (χ4n) is 2.48. The van der Waals surface area contributed by atoms with Crippen LogP contribution in [0.3, 0.4) is 0 Å². The molecule has 1 aromatic carbocycles. The van der Waals surface area contributed by atoms with Gasteiger partial charge >= 0.3 is 0 Å². The molecule has 0 bridgehead atoms. The average molecular weight is 366 g/mol. The smallest absolute Gasteiger partial charge is 0.251 e. The molecule has 1 fully saturated rings. The molecule has 0 aliphatic heterocycles. The van der Waals surface area contributed by atoms with Crippen molar-refractivity contribution >= 4 is 34.0 Å². The summed E-state index contributed by atoms with van der Waals surface area (Å²) in [5.41, 5.74) is 5.79. The monoisotopic (exact) mass is 365 g/mol. The Balaban J connectivity index is 0.00000264. The van der Waals surface area contributed by atoms with Crippen LogP contribution in [-0.4, -0.2) is 32.7 Å². The Morgan fingerprint density at radius 2 is 1.87 bits per heavy atom. The number of hydrogen-bond donors (Lipinski definition) is 3. The average Bonchev–Trinajstić information content (AvgIpc) is 2.42. The van der Waals surface area contributed by atoms with Crippen molar-refractivity contribution < 1.29 is 17.6 Å². The molecule has 0 unspecified atom stereocenters. The fourth-order valence-corrected chi connectivity index (χ4v) is 3.03. The topological polar surface area (TPSA) is 101 Å². The first kappa shape index (κ1) is 19.7. The summed E-state index contributed by atoms with van der Waals surface area (Å²) in [6.45, 7) is 0. The molecule has 0 spiro atoms. The predicted molar refractivity (Wildman–Crippen MR) is 89.8 cm³/mol. The SMILES string of the molecule is CS(=O)(=O)Nc1cc(C(=O)NC2CCC(N)CC2)ccc1F.Cl. The van der Waals surface area contributed by atoms with Crippen molar-refractivity contribution in [1.29, 1.82) is 0 Å².